The second-order valence-corrected chi connectivity index (χ2v) is 6.49. The summed E-state index contributed by atoms with van der Waals surface area (Å²) in [6, 6.07) is 6.67. The van der Waals surface area contributed by atoms with Gasteiger partial charge in [0.2, 0.25) is 5.89 Å². The number of aromatic nitrogens is 2. The Morgan fingerprint density at radius 1 is 1.30 bits per heavy atom. The highest BCUT2D eigenvalue weighted by atomic mass is 16.6. The van der Waals surface area contributed by atoms with E-state index in [2.05, 4.69) is 15.0 Å². The molecule has 0 unspecified atom stereocenters. The summed E-state index contributed by atoms with van der Waals surface area (Å²) in [4.78, 5) is 17.0. The molecular weight excluding hydrogens is 296 g/mol. The molecule has 0 atom stereocenters. The lowest BCUT2D eigenvalue weighted by Crippen LogP contribution is -2.22. The van der Waals surface area contributed by atoms with Crippen molar-refractivity contribution in [3.8, 4) is 0 Å². The van der Waals surface area contributed by atoms with Crippen molar-refractivity contribution in [3.63, 3.8) is 0 Å². The van der Waals surface area contributed by atoms with E-state index in [0.717, 1.165) is 12.1 Å². The summed E-state index contributed by atoms with van der Waals surface area (Å²) in [7, 11) is 0. The molecular formula is C16H22N4O3. The number of nitro benzene ring substituents is 1. The molecule has 124 valence electrons. The third kappa shape index (κ3) is 4.59. The highest BCUT2D eigenvalue weighted by Crippen LogP contribution is 2.20. The zero-order chi connectivity index (χ0) is 17.0. The minimum atomic E-state index is -0.382. The molecule has 7 nitrogen and oxygen atoms in total. The molecule has 0 saturated heterocycles. The maximum atomic E-state index is 10.9. The van der Waals surface area contributed by atoms with Gasteiger partial charge in [0.1, 0.15) is 0 Å². The first kappa shape index (κ1) is 17.1. The van der Waals surface area contributed by atoms with E-state index in [0.29, 0.717) is 24.8 Å². The van der Waals surface area contributed by atoms with E-state index >= 15 is 0 Å². The predicted octanol–water partition coefficient (Wildman–Crippen LogP) is 3.30. The third-order valence-electron chi connectivity index (χ3n) is 3.47. The van der Waals surface area contributed by atoms with Crippen LogP contribution in [0.3, 0.4) is 0 Å². The topological polar surface area (TPSA) is 85.3 Å². The van der Waals surface area contributed by atoms with Crippen molar-refractivity contribution in [2.24, 2.45) is 0 Å². The van der Waals surface area contributed by atoms with Crippen LogP contribution in [0.4, 0.5) is 5.69 Å². The van der Waals surface area contributed by atoms with Gasteiger partial charge in [-0.25, -0.2) is 0 Å². The Labute approximate surface area is 135 Å². The quantitative estimate of drug-likeness (QED) is 0.600. The maximum Gasteiger partial charge on any atom is 0.269 e. The Morgan fingerprint density at radius 2 is 2.04 bits per heavy atom. The van der Waals surface area contributed by atoms with Crippen molar-refractivity contribution in [1.82, 2.24) is 15.0 Å². The fourth-order valence-corrected chi connectivity index (χ4v) is 2.12. The number of hydrogen-bond acceptors (Lipinski definition) is 6. The standard InChI is InChI=1S/C16H22N4O3/c1-5-19(10-12-7-6-8-13(9-12)20(21)22)11-14-17-15(18-23-14)16(2,3)4/h6-9H,5,10-11H2,1-4H3. The Hall–Kier alpha value is -2.28. The number of non-ortho nitro benzene ring substituents is 1. The minimum absolute atomic E-state index is 0.103. The summed E-state index contributed by atoms with van der Waals surface area (Å²) in [6.07, 6.45) is 0. The Bertz CT molecular complexity index is 676. The smallest absolute Gasteiger partial charge is 0.269 e. The summed E-state index contributed by atoms with van der Waals surface area (Å²) in [5.74, 6) is 1.24. The van der Waals surface area contributed by atoms with Crippen molar-refractivity contribution >= 4 is 5.69 Å². The number of nitrogens with zero attached hydrogens (tertiary/aromatic N) is 4. The minimum Gasteiger partial charge on any atom is -0.338 e. The van der Waals surface area contributed by atoms with Gasteiger partial charge in [0.15, 0.2) is 5.82 Å². The summed E-state index contributed by atoms with van der Waals surface area (Å²) in [6.45, 7) is 10.00. The first-order valence-corrected chi connectivity index (χ1v) is 7.58. The highest BCUT2D eigenvalue weighted by molar-refractivity contribution is 5.34. The van der Waals surface area contributed by atoms with Crippen LogP contribution < -0.4 is 0 Å². The molecule has 0 bridgehead atoms. The monoisotopic (exact) mass is 318 g/mol. The molecule has 1 aromatic carbocycles. The van der Waals surface area contributed by atoms with E-state index in [9.17, 15) is 10.1 Å². The zero-order valence-corrected chi connectivity index (χ0v) is 13.9. The lowest BCUT2D eigenvalue weighted by atomic mass is 9.96. The molecule has 1 heterocycles. The molecule has 2 rings (SSSR count). The van der Waals surface area contributed by atoms with Gasteiger partial charge in [-0.15, -0.1) is 0 Å². The predicted molar refractivity (Wildman–Crippen MR) is 85.9 cm³/mol. The van der Waals surface area contributed by atoms with Crippen LogP contribution >= 0.6 is 0 Å². The van der Waals surface area contributed by atoms with Gasteiger partial charge in [0.05, 0.1) is 11.5 Å². The third-order valence-corrected chi connectivity index (χ3v) is 3.47. The van der Waals surface area contributed by atoms with E-state index in [4.69, 9.17) is 4.52 Å². The average molecular weight is 318 g/mol. The van der Waals surface area contributed by atoms with Gasteiger partial charge < -0.3 is 4.52 Å². The second kappa shape index (κ2) is 6.87. The van der Waals surface area contributed by atoms with Crippen LogP contribution in [-0.4, -0.2) is 26.5 Å². The summed E-state index contributed by atoms with van der Waals surface area (Å²) >= 11 is 0. The lowest BCUT2D eigenvalue weighted by molar-refractivity contribution is -0.384. The van der Waals surface area contributed by atoms with Crippen LogP contribution in [0, 0.1) is 10.1 Å². The molecule has 0 fully saturated rings. The van der Waals surface area contributed by atoms with Gasteiger partial charge in [-0.05, 0) is 12.1 Å². The van der Waals surface area contributed by atoms with E-state index in [1.807, 2.05) is 33.8 Å². The molecule has 0 spiro atoms. The van der Waals surface area contributed by atoms with Crippen molar-refractivity contribution in [1.29, 1.82) is 0 Å². The summed E-state index contributed by atoms with van der Waals surface area (Å²) in [5, 5.41) is 14.9. The molecule has 2 aromatic rings. The van der Waals surface area contributed by atoms with Gasteiger partial charge in [-0.2, -0.15) is 4.98 Å². The molecule has 0 aliphatic heterocycles. The number of benzene rings is 1. The molecule has 7 heteroatoms. The fourth-order valence-electron chi connectivity index (χ4n) is 2.12. The van der Waals surface area contributed by atoms with Gasteiger partial charge >= 0.3 is 0 Å². The Balaban J connectivity index is 2.07. The summed E-state index contributed by atoms with van der Waals surface area (Å²) < 4.78 is 5.31. The van der Waals surface area contributed by atoms with Gasteiger partial charge in [-0.3, -0.25) is 15.0 Å². The molecule has 0 aliphatic carbocycles. The first-order chi connectivity index (χ1) is 10.8. The van der Waals surface area contributed by atoms with Crippen molar-refractivity contribution in [2.45, 2.75) is 46.2 Å². The van der Waals surface area contributed by atoms with E-state index in [1.165, 1.54) is 6.07 Å². The largest absolute Gasteiger partial charge is 0.338 e. The average Bonchev–Trinajstić information content (AvgIpc) is 2.95. The molecule has 0 aliphatic rings. The molecule has 0 radical (unpaired) electrons. The van der Waals surface area contributed by atoms with Gasteiger partial charge in [-0.1, -0.05) is 45.0 Å². The van der Waals surface area contributed by atoms with Crippen molar-refractivity contribution in [2.75, 3.05) is 6.54 Å². The maximum absolute atomic E-state index is 10.9. The van der Waals surface area contributed by atoms with Crippen LogP contribution in [0.25, 0.3) is 0 Å². The SMILES string of the molecule is CCN(Cc1cccc([N+](=O)[O-])c1)Cc1nc(C(C)(C)C)no1. The number of hydrogen-bond donors (Lipinski definition) is 0. The molecule has 0 amide bonds. The summed E-state index contributed by atoms with van der Waals surface area (Å²) in [5.41, 5.74) is 0.835. The van der Waals surface area contributed by atoms with Crippen LogP contribution in [-0.2, 0) is 18.5 Å². The van der Waals surface area contributed by atoms with Crippen molar-refractivity contribution in [3.05, 3.63) is 51.7 Å². The van der Waals surface area contributed by atoms with Crippen molar-refractivity contribution < 1.29 is 9.45 Å². The Morgan fingerprint density at radius 3 is 2.61 bits per heavy atom. The Kier molecular flexibility index (Phi) is 5.10. The number of rotatable bonds is 6. The fraction of sp³-hybridized carbons (Fsp3) is 0.500. The van der Waals surface area contributed by atoms with Gasteiger partial charge in [0, 0.05) is 24.1 Å². The van der Waals surface area contributed by atoms with E-state index < -0.39 is 0 Å². The van der Waals surface area contributed by atoms with Crippen LogP contribution in [0.5, 0.6) is 0 Å². The van der Waals surface area contributed by atoms with Gasteiger partial charge in [0.25, 0.3) is 5.69 Å². The van der Waals surface area contributed by atoms with E-state index in [1.54, 1.807) is 12.1 Å². The zero-order valence-electron chi connectivity index (χ0n) is 13.9. The number of nitro groups is 1. The molecule has 23 heavy (non-hydrogen) atoms. The normalized spacial score (nSPS) is 11.9. The molecule has 0 N–H and O–H groups in total. The second-order valence-electron chi connectivity index (χ2n) is 6.49. The van der Waals surface area contributed by atoms with Crippen LogP contribution in [0.1, 0.15) is 45.0 Å². The highest BCUT2D eigenvalue weighted by Gasteiger charge is 2.21. The van der Waals surface area contributed by atoms with Crippen LogP contribution in [0.2, 0.25) is 0 Å². The van der Waals surface area contributed by atoms with E-state index in [-0.39, 0.29) is 16.0 Å². The lowest BCUT2D eigenvalue weighted by Gasteiger charge is -2.18. The first-order valence-electron chi connectivity index (χ1n) is 7.58. The van der Waals surface area contributed by atoms with Crippen LogP contribution in [0.15, 0.2) is 28.8 Å². The molecule has 0 saturated carbocycles. The molecule has 1 aromatic heterocycles.